The molecule has 2 aromatic carbocycles. The molecule has 1 aliphatic heterocycles. The van der Waals surface area contributed by atoms with Gasteiger partial charge in [0.15, 0.2) is 0 Å². The molecule has 0 unspecified atom stereocenters. The fourth-order valence-corrected chi connectivity index (χ4v) is 5.20. The highest BCUT2D eigenvalue weighted by molar-refractivity contribution is 7.89. The minimum Gasteiger partial charge on any atom is -0.486 e. The third-order valence-electron chi connectivity index (χ3n) is 4.52. The van der Waals surface area contributed by atoms with E-state index in [2.05, 4.69) is 4.85 Å². The molecule has 0 saturated carbocycles. The van der Waals surface area contributed by atoms with Crippen LogP contribution in [0.4, 0.5) is 10.1 Å². The van der Waals surface area contributed by atoms with E-state index in [0.717, 1.165) is 10.4 Å². The number of benzene rings is 2. The molecule has 2 N–H and O–H groups in total. The lowest BCUT2D eigenvalue weighted by atomic mass is 10.0. The van der Waals surface area contributed by atoms with Gasteiger partial charge in [0.2, 0.25) is 15.7 Å². The number of aliphatic hydroxyl groups is 2. The second-order valence-corrected chi connectivity index (χ2v) is 9.22. The van der Waals surface area contributed by atoms with Crippen LogP contribution in [0.5, 0.6) is 5.75 Å². The molecular formula is C18H15Cl2FN2O5S. The van der Waals surface area contributed by atoms with E-state index in [1.807, 2.05) is 0 Å². The largest absolute Gasteiger partial charge is 0.486 e. The summed E-state index contributed by atoms with van der Waals surface area (Å²) in [6.45, 7) is 5.29. The van der Waals surface area contributed by atoms with E-state index in [1.54, 1.807) is 0 Å². The summed E-state index contributed by atoms with van der Waals surface area (Å²) in [6, 6.07) is 7.36. The summed E-state index contributed by atoms with van der Waals surface area (Å²) in [5.74, 6) is -0.837. The summed E-state index contributed by atoms with van der Waals surface area (Å²) in [7, 11) is -4.13. The number of aliphatic hydroxyl groups excluding tert-OH is 1. The summed E-state index contributed by atoms with van der Waals surface area (Å²) in [4.78, 5) is 2.79. The van der Waals surface area contributed by atoms with E-state index < -0.39 is 40.7 Å². The number of rotatable bonds is 5. The molecule has 7 nitrogen and oxygen atoms in total. The molecule has 0 aliphatic carbocycles. The highest BCUT2D eigenvalue weighted by atomic mass is 35.5. The van der Waals surface area contributed by atoms with Crippen LogP contribution in [0, 0.1) is 12.4 Å². The van der Waals surface area contributed by atoms with E-state index in [-0.39, 0.29) is 32.9 Å². The van der Waals surface area contributed by atoms with E-state index >= 15 is 0 Å². The molecule has 0 radical (unpaired) electrons. The topological polar surface area (TPSA) is 91.4 Å². The molecule has 29 heavy (non-hydrogen) atoms. The van der Waals surface area contributed by atoms with Crippen molar-refractivity contribution in [3.05, 3.63) is 63.7 Å². The van der Waals surface area contributed by atoms with Gasteiger partial charge in [-0.25, -0.2) is 17.7 Å². The van der Waals surface area contributed by atoms with Gasteiger partial charge in [-0.15, -0.1) is 0 Å². The summed E-state index contributed by atoms with van der Waals surface area (Å²) >= 11 is 11.8. The first-order chi connectivity index (χ1) is 13.6. The maximum Gasteiger partial charge on any atom is 0.244 e. The van der Waals surface area contributed by atoms with E-state index in [1.165, 1.54) is 30.3 Å². The number of halogens is 3. The van der Waals surface area contributed by atoms with Crippen molar-refractivity contribution < 1.29 is 27.8 Å². The predicted octanol–water partition coefficient (Wildman–Crippen LogP) is 2.86. The van der Waals surface area contributed by atoms with Gasteiger partial charge in [-0.1, -0.05) is 23.2 Å². The van der Waals surface area contributed by atoms with Gasteiger partial charge in [-0.05, 0) is 30.3 Å². The van der Waals surface area contributed by atoms with Crippen molar-refractivity contribution in [2.24, 2.45) is 0 Å². The smallest absolute Gasteiger partial charge is 0.244 e. The van der Waals surface area contributed by atoms with Crippen molar-refractivity contribution in [3.63, 3.8) is 0 Å². The Bertz CT molecular complexity index is 1090. The van der Waals surface area contributed by atoms with Crippen LogP contribution in [0.1, 0.15) is 0 Å². The molecule has 1 aliphatic rings. The van der Waals surface area contributed by atoms with Crippen LogP contribution in [-0.2, 0) is 10.0 Å². The van der Waals surface area contributed by atoms with Gasteiger partial charge in [0, 0.05) is 17.6 Å². The fourth-order valence-electron chi connectivity index (χ4n) is 2.95. The van der Waals surface area contributed by atoms with Crippen molar-refractivity contribution in [1.82, 2.24) is 4.31 Å². The lowest BCUT2D eigenvalue weighted by molar-refractivity contribution is -0.0641. The quantitative estimate of drug-likeness (QED) is 0.669. The Hall–Kier alpha value is -1.93. The lowest BCUT2D eigenvalue weighted by Crippen LogP contribution is -2.48. The van der Waals surface area contributed by atoms with Crippen molar-refractivity contribution in [3.8, 4) is 5.75 Å². The normalized spacial score (nSPS) is 22.4. The van der Waals surface area contributed by atoms with Crippen LogP contribution in [0.2, 0.25) is 10.0 Å². The summed E-state index contributed by atoms with van der Waals surface area (Å²) in [5, 5.41) is 20.5. The Morgan fingerprint density at radius 3 is 2.62 bits per heavy atom. The van der Waals surface area contributed by atoms with Crippen LogP contribution in [0.3, 0.4) is 0 Å². The van der Waals surface area contributed by atoms with Crippen molar-refractivity contribution in [2.75, 3.05) is 19.7 Å². The fraction of sp³-hybridized carbons (Fsp3) is 0.278. The van der Waals surface area contributed by atoms with Gasteiger partial charge in [0.05, 0.1) is 24.7 Å². The Morgan fingerprint density at radius 2 is 2.03 bits per heavy atom. The van der Waals surface area contributed by atoms with E-state index in [4.69, 9.17) is 34.5 Å². The molecular weight excluding hydrogens is 446 g/mol. The first kappa shape index (κ1) is 21.8. The zero-order chi connectivity index (χ0) is 21.4. The average Bonchev–Trinajstić information content (AvgIpc) is 2.99. The second-order valence-electron chi connectivity index (χ2n) is 6.47. The third kappa shape index (κ3) is 4.19. The zero-order valence-corrected chi connectivity index (χ0v) is 17.0. The number of sulfonamides is 1. The van der Waals surface area contributed by atoms with Gasteiger partial charge in [-0.2, -0.15) is 4.31 Å². The molecule has 154 valence electrons. The Kier molecular flexibility index (Phi) is 6.06. The SMILES string of the molecule is [C-]#[N+]c1ccc(O[C@H]2CN(S(=O)(=O)c3ccc(Cl)cc3Cl)C[C@]2(O)CO)cc1F. The monoisotopic (exact) mass is 460 g/mol. The zero-order valence-electron chi connectivity index (χ0n) is 14.7. The number of ether oxygens (including phenoxy) is 1. The molecule has 3 rings (SSSR count). The number of hydrogen-bond acceptors (Lipinski definition) is 5. The first-order valence-electron chi connectivity index (χ1n) is 8.23. The first-order valence-corrected chi connectivity index (χ1v) is 10.4. The van der Waals surface area contributed by atoms with Crippen molar-refractivity contribution in [2.45, 2.75) is 16.6 Å². The van der Waals surface area contributed by atoms with Gasteiger partial charge in [0.1, 0.15) is 28.2 Å². The van der Waals surface area contributed by atoms with Gasteiger partial charge >= 0.3 is 0 Å². The van der Waals surface area contributed by atoms with Crippen molar-refractivity contribution >= 4 is 38.9 Å². The summed E-state index contributed by atoms with van der Waals surface area (Å²) < 4.78 is 46.2. The highest BCUT2D eigenvalue weighted by Gasteiger charge is 2.51. The van der Waals surface area contributed by atoms with Gasteiger partial charge < -0.3 is 14.9 Å². The molecule has 0 aromatic heterocycles. The highest BCUT2D eigenvalue weighted by Crippen LogP contribution is 2.34. The minimum absolute atomic E-state index is 0.0180. The maximum absolute atomic E-state index is 13.8. The summed E-state index contributed by atoms with van der Waals surface area (Å²) in [6.07, 6.45) is -1.19. The molecule has 2 aromatic rings. The van der Waals surface area contributed by atoms with E-state index in [0.29, 0.717) is 0 Å². The van der Waals surface area contributed by atoms with Crippen LogP contribution < -0.4 is 4.74 Å². The lowest BCUT2D eigenvalue weighted by Gasteiger charge is -2.27. The number of hydrogen-bond donors (Lipinski definition) is 2. The van der Waals surface area contributed by atoms with Crippen molar-refractivity contribution in [1.29, 1.82) is 0 Å². The summed E-state index contributed by atoms with van der Waals surface area (Å²) in [5.41, 5.74) is -2.14. The van der Waals surface area contributed by atoms with Crippen LogP contribution in [-0.4, -0.2) is 54.3 Å². The second kappa shape index (κ2) is 8.07. The molecule has 11 heteroatoms. The standard InChI is InChI=1S/C18H15Cl2FN2O5S/c1-22-15-4-3-12(7-14(15)21)28-17-8-23(9-18(17,25)10-24)29(26,27)16-5-2-11(19)6-13(16)20/h2-7,17,24-25H,8-10H2/t17-,18-/m0/s1. The van der Waals surface area contributed by atoms with Crippen LogP contribution in [0.25, 0.3) is 4.85 Å². The molecule has 0 spiro atoms. The molecule has 0 bridgehead atoms. The Labute approximate surface area is 176 Å². The average molecular weight is 461 g/mol. The molecule has 2 atom stereocenters. The predicted molar refractivity (Wildman–Crippen MR) is 104 cm³/mol. The maximum atomic E-state index is 13.8. The molecule has 1 fully saturated rings. The number of β-amino-alcohol motifs (C(OH)–C–C–N with tert-alkyl or cyclic N) is 1. The van der Waals surface area contributed by atoms with Gasteiger partial charge in [-0.3, -0.25) is 0 Å². The van der Waals surface area contributed by atoms with Crippen LogP contribution >= 0.6 is 23.2 Å². The van der Waals surface area contributed by atoms with Crippen LogP contribution in [0.15, 0.2) is 41.3 Å². The number of nitrogens with zero attached hydrogens (tertiary/aromatic N) is 2. The Balaban J connectivity index is 1.89. The third-order valence-corrected chi connectivity index (χ3v) is 7.05. The molecule has 1 saturated heterocycles. The molecule has 1 heterocycles. The van der Waals surface area contributed by atoms with E-state index in [9.17, 15) is 23.0 Å². The van der Waals surface area contributed by atoms with Gasteiger partial charge in [0.25, 0.3) is 0 Å². The molecule has 0 amide bonds. The minimum atomic E-state index is -4.13. The Morgan fingerprint density at radius 1 is 1.31 bits per heavy atom.